The van der Waals surface area contributed by atoms with E-state index in [9.17, 15) is 5.26 Å². The predicted octanol–water partition coefficient (Wildman–Crippen LogP) is 5.85. The van der Waals surface area contributed by atoms with Crippen LogP contribution in [0.4, 0.5) is 0 Å². The van der Waals surface area contributed by atoms with Crippen molar-refractivity contribution in [1.29, 1.82) is 5.26 Å². The molecule has 0 fully saturated rings. The van der Waals surface area contributed by atoms with Gasteiger partial charge in [0.1, 0.15) is 0 Å². The largest absolute Gasteiger partial charge is 0.198 e. The molecule has 0 bridgehead atoms. The fourth-order valence-corrected chi connectivity index (χ4v) is 2.53. The fourth-order valence-electron chi connectivity index (χ4n) is 2.53. The van der Waals surface area contributed by atoms with Crippen LogP contribution in [0.5, 0.6) is 0 Å². The monoisotopic (exact) mass is 271 g/mol. The zero-order chi connectivity index (χ0) is 14.8. The Morgan fingerprint density at radius 1 is 1.00 bits per heavy atom. The minimum atomic E-state index is 0.182. The zero-order valence-corrected chi connectivity index (χ0v) is 13.4. The Morgan fingerprint density at radius 2 is 1.65 bits per heavy atom. The summed E-state index contributed by atoms with van der Waals surface area (Å²) in [5, 5.41) is 9.28. The first-order chi connectivity index (χ1) is 9.67. The number of rotatable bonds is 9. The highest BCUT2D eigenvalue weighted by Crippen LogP contribution is 2.19. The van der Waals surface area contributed by atoms with Gasteiger partial charge in [0.15, 0.2) is 0 Å². The fraction of sp³-hybridized carbons (Fsp3) is 0.632. The topological polar surface area (TPSA) is 23.8 Å². The minimum absolute atomic E-state index is 0.182. The van der Waals surface area contributed by atoms with Gasteiger partial charge >= 0.3 is 0 Å². The molecule has 1 aromatic carbocycles. The maximum atomic E-state index is 9.28. The molecule has 0 saturated carbocycles. The Balaban J connectivity index is 2.38. The van der Waals surface area contributed by atoms with Crippen molar-refractivity contribution in [2.24, 2.45) is 5.92 Å². The van der Waals surface area contributed by atoms with Crippen LogP contribution in [-0.4, -0.2) is 0 Å². The highest BCUT2D eigenvalue weighted by Gasteiger charge is 2.09. The first-order valence-electron chi connectivity index (χ1n) is 8.15. The van der Waals surface area contributed by atoms with Crippen molar-refractivity contribution >= 4 is 0 Å². The van der Waals surface area contributed by atoms with Gasteiger partial charge in [-0.1, -0.05) is 77.1 Å². The normalized spacial score (nSPS) is 12.3. The molecular weight excluding hydrogens is 242 g/mol. The van der Waals surface area contributed by atoms with Gasteiger partial charge in [-0.15, -0.1) is 0 Å². The molecule has 1 rings (SSSR count). The van der Waals surface area contributed by atoms with Crippen molar-refractivity contribution in [1.82, 2.24) is 0 Å². The van der Waals surface area contributed by atoms with Crippen molar-refractivity contribution in [3.8, 4) is 6.07 Å². The number of benzene rings is 1. The van der Waals surface area contributed by atoms with E-state index >= 15 is 0 Å². The zero-order valence-electron chi connectivity index (χ0n) is 13.4. The molecule has 0 amide bonds. The third-order valence-corrected chi connectivity index (χ3v) is 3.97. The average Bonchev–Trinajstić information content (AvgIpc) is 2.46. The molecule has 1 unspecified atom stereocenters. The number of unbranched alkanes of at least 4 members (excludes halogenated alkanes) is 4. The first-order valence-corrected chi connectivity index (χ1v) is 8.15. The maximum absolute atomic E-state index is 9.28. The second-order valence-electron chi connectivity index (χ2n) is 6.13. The van der Waals surface area contributed by atoms with Crippen LogP contribution in [0.3, 0.4) is 0 Å². The van der Waals surface area contributed by atoms with Gasteiger partial charge in [-0.05, 0) is 29.9 Å². The van der Waals surface area contributed by atoms with E-state index in [0.717, 1.165) is 12.8 Å². The van der Waals surface area contributed by atoms with E-state index in [0.29, 0.717) is 5.92 Å². The molecule has 1 heteroatoms. The van der Waals surface area contributed by atoms with E-state index in [1.165, 1.54) is 43.2 Å². The summed E-state index contributed by atoms with van der Waals surface area (Å²) in [5.41, 5.74) is 2.68. The van der Waals surface area contributed by atoms with Crippen LogP contribution in [-0.2, 0) is 6.42 Å². The SMILES string of the molecule is CCCCCCCC(C#N)Cc1ccc(C(C)C)cc1. The molecular formula is C19H29N. The molecule has 20 heavy (non-hydrogen) atoms. The lowest BCUT2D eigenvalue weighted by Crippen LogP contribution is -2.02. The Hall–Kier alpha value is -1.29. The summed E-state index contributed by atoms with van der Waals surface area (Å²) in [6.45, 7) is 6.66. The van der Waals surface area contributed by atoms with Gasteiger partial charge in [-0.2, -0.15) is 5.26 Å². The standard InChI is InChI=1S/C19H29N/c1-4-5-6-7-8-9-18(15-20)14-17-10-12-19(13-11-17)16(2)3/h10-13,16,18H,4-9,14H2,1-3H3. The molecule has 110 valence electrons. The third-order valence-electron chi connectivity index (χ3n) is 3.97. The summed E-state index contributed by atoms with van der Waals surface area (Å²) in [6, 6.07) is 11.3. The Bertz CT molecular complexity index is 397. The number of nitrogens with zero attached hydrogens (tertiary/aromatic N) is 1. The lowest BCUT2D eigenvalue weighted by Gasteiger charge is -2.11. The molecule has 0 heterocycles. The van der Waals surface area contributed by atoms with Crippen molar-refractivity contribution < 1.29 is 0 Å². The van der Waals surface area contributed by atoms with Crippen molar-refractivity contribution in [3.05, 3.63) is 35.4 Å². The maximum Gasteiger partial charge on any atom is 0.0659 e. The molecule has 0 aliphatic rings. The van der Waals surface area contributed by atoms with E-state index in [4.69, 9.17) is 0 Å². The third kappa shape index (κ3) is 6.24. The Labute approximate surface area is 125 Å². The van der Waals surface area contributed by atoms with Crippen LogP contribution in [0.15, 0.2) is 24.3 Å². The molecule has 0 aromatic heterocycles. The molecule has 1 nitrogen and oxygen atoms in total. The Kier molecular flexibility index (Phi) is 8.04. The van der Waals surface area contributed by atoms with Crippen LogP contribution < -0.4 is 0 Å². The molecule has 0 aliphatic carbocycles. The summed E-state index contributed by atoms with van der Waals surface area (Å²) in [6.07, 6.45) is 8.35. The van der Waals surface area contributed by atoms with Gasteiger partial charge in [0.05, 0.1) is 12.0 Å². The first kappa shape index (κ1) is 16.8. The summed E-state index contributed by atoms with van der Waals surface area (Å²) >= 11 is 0. The van der Waals surface area contributed by atoms with Crippen LogP contribution in [0.2, 0.25) is 0 Å². The second kappa shape index (κ2) is 9.59. The predicted molar refractivity (Wildman–Crippen MR) is 86.7 cm³/mol. The summed E-state index contributed by atoms with van der Waals surface area (Å²) in [7, 11) is 0. The number of hydrogen-bond acceptors (Lipinski definition) is 1. The van der Waals surface area contributed by atoms with E-state index in [1.54, 1.807) is 0 Å². The van der Waals surface area contributed by atoms with Crippen molar-refractivity contribution in [3.63, 3.8) is 0 Å². The van der Waals surface area contributed by atoms with Crippen molar-refractivity contribution in [2.75, 3.05) is 0 Å². The van der Waals surface area contributed by atoms with E-state index < -0.39 is 0 Å². The smallest absolute Gasteiger partial charge is 0.0659 e. The van der Waals surface area contributed by atoms with Gasteiger partial charge in [-0.25, -0.2) is 0 Å². The van der Waals surface area contributed by atoms with Crippen LogP contribution in [0.25, 0.3) is 0 Å². The number of hydrogen-bond donors (Lipinski definition) is 0. The molecule has 0 radical (unpaired) electrons. The summed E-state index contributed by atoms with van der Waals surface area (Å²) in [5.74, 6) is 0.760. The van der Waals surface area contributed by atoms with E-state index in [1.807, 2.05) is 0 Å². The highest BCUT2D eigenvalue weighted by molar-refractivity contribution is 5.25. The molecule has 0 spiro atoms. The van der Waals surface area contributed by atoms with Crippen molar-refractivity contribution in [2.45, 2.75) is 71.6 Å². The van der Waals surface area contributed by atoms with Gasteiger partial charge in [0, 0.05) is 0 Å². The average molecular weight is 271 g/mol. The molecule has 0 N–H and O–H groups in total. The van der Waals surface area contributed by atoms with Gasteiger partial charge in [-0.3, -0.25) is 0 Å². The quantitative estimate of drug-likeness (QED) is 0.516. The highest BCUT2D eigenvalue weighted by atomic mass is 14.3. The molecule has 1 aromatic rings. The second-order valence-corrected chi connectivity index (χ2v) is 6.13. The van der Waals surface area contributed by atoms with Gasteiger partial charge < -0.3 is 0 Å². The summed E-state index contributed by atoms with van der Waals surface area (Å²) < 4.78 is 0. The van der Waals surface area contributed by atoms with E-state index in [2.05, 4.69) is 51.1 Å². The van der Waals surface area contributed by atoms with Crippen LogP contribution in [0, 0.1) is 17.2 Å². The molecule has 0 aliphatic heterocycles. The minimum Gasteiger partial charge on any atom is -0.198 e. The van der Waals surface area contributed by atoms with Crippen LogP contribution >= 0.6 is 0 Å². The summed E-state index contributed by atoms with van der Waals surface area (Å²) in [4.78, 5) is 0. The van der Waals surface area contributed by atoms with Gasteiger partial charge in [0.2, 0.25) is 0 Å². The lowest BCUT2D eigenvalue weighted by molar-refractivity contribution is 0.529. The molecule has 1 atom stereocenters. The van der Waals surface area contributed by atoms with Gasteiger partial charge in [0.25, 0.3) is 0 Å². The lowest BCUT2D eigenvalue weighted by atomic mass is 9.93. The van der Waals surface area contributed by atoms with Crippen LogP contribution in [0.1, 0.15) is 76.3 Å². The van der Waals surface area contributed by atoms with E-state index in [-0.39, 0.29) is 5.92 Å². The number of nitriles is 1. The Morgan fingerprint density at radius 3 is 2.20 bits per heavy atom. The molecule has 0 saturated heterocycles.